The van der Waals surface area contributed by atoms with E-state index in [0.29, 0.717) is 27.1 Å². The second-order valence-electron chi connectivity index (χ2n) is 6.13. The van der Waals surface area contributed by atoms with Crippen LogP contribution in [0.25, 0.3) is 11.0 Å². The summed E-state index contributed by atoms with van der Waals surface area (Å²) in [5.41, 5.74) is 2.30. The second kappa shape index (κ2) is 8.82. The molecule has 0 unspecified atom stereocenters. The largest absolute Gasteiger partial charge is 0.487 e. The maximum absolute atomic E-state index is 12.2. The Balaban J connectivity index is 1.43. The van der Waals surface area contributed by atoms with Gasteiger partial charge in [-0.15, -0.1) is 10.2 Å². The molecule has 0 fully saturated rings. The highest BCUT2D eigenvalue weighted by atomic mass is 32.1. The number of carbonyl (C=O) groups excluding carboxylic acids is 1. The number of fused-ring (bicyclic) bond motifs is 1. The lowest BCUT2D eigenvalue weighted by Crippen LogP contribution is -2.16. The minimum Gasteiger partial charge on any atom is -0.487 e. The summed E-state index contributed by atoms with van der Waals surface area (Å²) in [6.07, 6.45) is 1.46. The van der Waals surface area contributed by atoms with E-state index in [1.807, 2.05) is 13.0 Å². The van der Waals surface area contributed by atoms with Gasteiger partial charge in [-0.2, -0.15) is 14.9 Å². The molecule has 4 aromatic rings. The van der Waals surface area contributed by atoms with Gasteiger partial charge in [-0.25, -0.2) is 4.98 Å². The van der Waals surface area contributed by atoms with Crippen LogP contribution in [0.5, 0.6) is 5.75 Å². The molecule has 0 spiro atoms. The fourth-order valence-corrected chi connectivity index (χ4v) is 3.76. The zero-order valence-corrected chi connectivity index (χ0v) is 17.6. The number of aromatic nitrogens is 5. The number of hydrogen-bond acceptors (Lipinski definition) is 10. The van der Waals surface area contributed by atoms with Gasteiger partial charge in [0, 0.05) is 6.07 Å². The van der Waals surface area contributed by atoms with Crippen molar-refractivity contribution in [1.29, 1.82) is 5.26 Å². The van der Waals surface area contributed by atoms with Crippen LogP contribution in [-0.2, 0) is 11.4 Å². The number of ether oxygens (including phenoxy) is 1. The summed E-state index contributed by atoms with van der Waals surface area (Å²) < 4.78 is 6.96. The van der Waals surface area contributed by atoms with Gasteiger partial charge in [0.1, 0.15) is 34.5 Å². The zero-order chi connectivity index (χ0) is 21.8. The van der Waals surface area contributed by atoms with Gasteiger partial charge in [-0.1, -0.05) is 34.8 Å². The summed E-state index contributed by atoms with van der Waals surface area (Å²) in [6, 6.07) is 10.1. The number of nitrogens with zero attached hydrogens (tertiary/aromatic N) is 6. The Morgan fingerprint density at radius 3 is 2.87 bits per heavy atom. The van der Waals surface area contributed by atoms with Gasteiger partial charge in [0.25, 0.3) is 11.5 Å². The molecule has 10 nitrogen and oxygen atoms in total. The number of amides is 1. The third-order valence-electron chi connectivity index (χ3n) is 3.92. The molecule has 0 atom stereocenters. The fourth-order valence-electron chi connectivity index (χ4n) is 2.55. The smallest absolute Gasteiger partial charge is 0.275 e. The van der Waals surface area contributed by atoms with Gasteiger partial charge < -0.3 is 4.74 Å². The molecule has 0 aliphatic rings. The van der Waals surface area contributed by atoms with Crippen LogP contribution in [-0.4, -0.2) is 30.7 Å². The van der Waals surface area contributed by atoms with Crippen molar-refractivity contribution in [2.75, 3.05) is 5.32 Å². The number of aryl methyl sites for hydroxylation is 1. The van der Waals surface area contributed by atoms with Crippen LogP contribution in [0, 0.1) is 18.3 Å². The molecule has 0 saturated carbocycles. The van der Waals surface area contributed by atoms with E-state index >= 15 is 0 Å². The third kappa shape index (κ3) is 4.80. The molecule has 31 heavy (non-hydrogen) atoms. The monoisotopic (exact) mass is 451 g/mol. The van der Waals surface area contributed by atoms with Crippen molar-refractivity contribution in [2.24, 2.45) is 0 Å². The summed E-state index contributed by atoms with van der Waals surface area (Å²) in [6.45, 7) is 1.92. The molecule has 0 aliphatic carbocycles. The number of nitrogens with one attached hydrogen (secondary N) is 1. The van der Waals surface area contributed by atoms with E-state index < -0.39 is 5.91 Å². The van der Waals surface area contributed by atoms with Gasteiger partial charge >= 0.3 is 0 Å². The van der Waals surface area contributed by atoms with Crippen molar-refractivity contribution in [3.05, 3.63) is 68.0 Å². The molecular weight excluding hydrogens is 438 g/mol. The standard InChI is InChI=1S/C19H13N7O3S2/c1-11-25-26-16(27)7-14(22-19(26)31-11)9-29-15-4-2-12(3-5-15)6-13(8-20)17(28)23-18-24-21-10-30-18/h2-7,10H,9H2,1H3,(H,23,24,28). The first-order valence-electron chi connectivity index (χ1n) is 8.80. The predicted octanol–water partition coefficient (Wildman–Crippen LogP) is 2.44. The van der Waals surface area contributed by atoms with Crippen LogP contribution in [0.1, 0.15) is 16.3 Å². The van der Waals surface area contributed by atoms with E-state index in [1.165, 1.54) is 33.5 Å². The molecular formula is C19H13N7O3S2. The molecule has 154 valence electrons. The summed E-state index contributed by atoms with van der Waals surface area (Å²) >= 11 is 2.49. The minimum absolute atomic E-state index is 0.0679. The third-order valence-corrected chi connectivity index (χ3v) is 5.35. The van der Waals surface area contributed by atoms with Crippen molar-refractivity contribution < 1.29 is 9.53 Å². The second-order valence-corrected chi connectivity index (χ2v) is 8.12. The Hall–Kier alpha value is -3.95. The molecule has 1 aromatic carbocycles. The van der Waals surface area contributed by atoms with Crippen LogP contribution in [0.15, 0.2) is 46.2 Å². The molecule has 0 saturated heterocycles. The molecule has 0 radical (unpaired) electrons. The normalized spacial score (nSPS) is 11.3. The molecule has 0 bridgehead atoms. The first-order chi connectivity index (χ1) is 15.0. The Morgan fingerprint density at radius 2 is 2.16 bits per heavy atom. The lowest BCUT2D eigenvalue weighted by molar-refractivity contribution is -0.112. The van der Waals surface area contributed by atoms with E-state index in [9.17, 15) is 14.9 Å². The van der Waals surface area contributed by atoms with E-state index in [0.717, 1.165) is 16.3 Å². The lowest BCUT2D eigenvalue weighted by Gasteiger charge is -2.06. The van der Waals surface area contributed by atoms with Crippen LogP contribution in [0.3, 0.4) is 0 Å². The maximum Gasteiger partial charge on any atom is 0.275 e. The van der Waals surface area contributed by atoms with Gasteiger partial charge in [-0.05, 0) is 30.7 Å². The van der Waals surface area contributed by atoms with Gasteiger partial charge in [0.15, 0.2) is 0 Å². The highest BCUT2D eigenvalue weighted by molar-refractivity contribution is 7.16. The van der Waals surface area contributed by atoms with E-state index in [2.05, 4.69) is 25.6 Å². The van der Waals surface area contributed by atoms with E-state index in [-0.39, 0.29) is 17.7 Å². The topological polar surface area (TPSA) is 135 Å². The summed E-state index contributed by atoms with van der Waals surface area (Å²) in [5.74, 6) is -0.0120. The Labute approximate surface area is 183 Å². The van der Waals surface area contributed by atoms with Crippen molar-refractivity contribution in [3.8, 4) is 11.8 Å². The average Bonchev–Trinajstić information content (AvgIpc) is 3.40. The Bertz CT molecular complexity index is 1370. The van der Waals surface area contributed by atoms with Crippen molar-refractivity contribution in [3.63, 3.8) is 0 Å². The Kier molecular flexibility index (Phi) is 5.78. The number of benzene rings is 1. The summed E-state index contributed by atoms with van der Waals surface area (Å²) in [7, 11) is 0. The number of rotatable bonds is 6. The van der Waals surface area contributed by atoms with Crippen LogP contribution in [0.4, 0.5) is 5.13 Å². The molecule has 3 heterocycles. The van der Waals surface area contributed by atoms with Crippen LogP contribution < -0.4 is 15.6 Å². The quantitative estimate of drug-likeness (QED) is 0.349. The zero-order valence-electron chi connectivity index (χ0n) is 16.0. The molecule has 3 aromatic heterocycles. The molecule has 4 rings (SSSR count). The first-order valence-corrected chi connectivity index (χ1v) is 10.5. The molecule has 12 heteroatoms. The van der Waals surface area contributed by atoms with Crippen LogP contribution in [0.2, 0.25) is 0 Å². The molecule has 1 amide bonds. The van der Waals surface area contributed by atoms with Gasteiger partial charge in [0.05, 0.1) is 5.69 Å². The average molecular weight is 451 g/mol. The van der Waals surface area contributed by atoms with Gasteiger partial charge in [-0.3, -0.25) is 14.9 Å². The summed E-state index contributed by atoms with van der Waals surface area (Å²) in [5, 5.41) is 24.3. The van der Waals surface area contributed by atoms with Crippen molar-refractivity contribution in [1.82, 2.24) is 24.8 Å². The summed E-state index contributed by atoms with van der Waals surface area (Å²) in [4.78, 5) is 29.2. The predicted molar refractivity (Wildman–Crippen MR) is 115 cm³/mol. The highest BCUT2D eigenvalue weighted by Crippen LogP contribution is 2.17. The number of anilines is 1. The van der Waals surface area contributed by atoms with Crippen molar-refractivity contribution in [2.45, 2.75) is 13.5 Å². The molecule has 0 aliphatic heterocycles. The fraction of sp³-hybridized carbons (Fsp3) is 0.105. The molecule has 1 N–H and O–H groups in total. The minimum atomic E-state index is -0.564. The lowest BCUT2D eigenvalue weighted by atomic mass is 10.1. The van der Waals surface area contributed by atoms with E-state index in [1.54, 1.807) is 24.3 Å². The number of hydrogen-bond donors (Lipinski definition) is 1. The van der Waals surface area contributed by atoms with Crippen molar-refractivity contribution >= 4 is 44.7 Å². The number of carbonyl (C=O) groups is 1. The van der Waals surface area contributed by atoms with Crippen LogP contribution >= 0.6 is 22.7 Å². The first kappa shape index (κ1) is 20.3. The maximum atomic E-state index is 12.2. The number of nitriles is 1. The Morgan fingerprint density at radius 1 is 1.35 bits per heavy atom. The van der Waals surface area contributed by atoms with Gasteiger partial charge in [0.2, 0.25) is 10.1 Å². The van der Waals surface area contributed by atoms with E-state index in [4.69, 9.17) is 4.74 Å². The SMILES string of the molecule is Cc1nn2c(=O)cc(COc3ccc(C=C(C#N)C(=O)Nc4nncs4)cc3)nc2s1. The highest BCUT2D eigenvalue weighted by Gasteiger charge is 2.11.